The Morgan fingerprint density at radius 3 is 2.62 bits per heavy atom. The quantitative estimate of drug-likeness (QED) is 0.663. The second kappa shape index (κ2) is 8.27. The molecule has 5 nitrogen and oxygen atoms in total. The predicted octanol–water partition coefficient (Wildman–Crippen LogP) is 4.55. The van der Waals surface area contributed by atoms with Gasteiger partial charge in [-0.1, -0.05) is 37.6 Å². The SMILES string of the molecule is Cc1ccc(-c2nnc(CCC(=O)N[C@@H](c3cccs3)C(C)C)o2)cc1. The van der Waals surface area contributed by atoms with Crippen molar-refractivity contribution in [3.8, 4) is 11.5 Å². The maximum Gasteiger partial charge on any atom is 0.247 e. The van der Waals surface area contributed by atoms with E-state index in [1.54, 1.807) is 11.3 Å². The summed E-state index contributed by atoms with van der Waals surface area (Å²) in [5.41, 5.74) is 2.06. The summed E-state index contributed by atoms with van der Waals surface area (Å²) in [6.07, 6.45) is 0.754. The van der Waals surface area contributed by atoms with Gasteiger partial charge in [-0.2, -0.15) is 0 Å². The van der Waals surface area contributed by atoms with Crippen LogP contribution in [0, 0.1) is 12.8 Å². The lowest BCUT2D eigenvalue weighted by Gasteiger charge is -2.21. The molecule has 6 heteroatoms. The molecule has 0 aliphatic rings. The molecule has 0 unspecified atom stereocenters. The van der Waals surface area contributed by atoms with Gasteiger partial charge in [0.05, 0.1) is 6.04 Å². The summed E-state index contributed by atoms with van der Waals surface area (Å²) in [5, 5.41) is 13.3. The molecule has 3 rings (SSSR count). The number of benzene rings is 1. The fourth-order valence-corrected chi connectivity index (χ4v) is 3.62. The molecule has 0 spiro atoms. The molecule has 3 aromatic rings. The lowest BCUT2D eigenvalue weighted by molar-refractivity contribution is -0.122. The molecule has 0 fully saturated rings. The molecule has 136 valence electrons. The van der Waals surface area contributed by atoms with Crippen LogP contribution in [0.4, 0.5) is 0 Å². The summed E-state index contributed by atoms with van der Waals surface area (Å²) in [6, 6.07) is 12.0. The average Bonchev–Trinajstić information content (AvgIpc) is 3.30. The van der Waals surface area contributed by atoms with Gasteiger partial charge in [-0.3, -0.25) is 4.79 Å². The zero-order chi connectivity index (χ0) is 18.5. The molecule has 2 heterocycles. The summed E-state index contributed by atoms with van der Waals surface area (Å²) < 4.78 is 5.68. The summed E-state index contributed by atoms with van der Waals surface area (Å²) in [5.74, 6) is 1.29. The van der Waals surface area contributed by atoms with Gasteiger partial charge in [-0.05, 0) is 36.4 Å². The molecule has 1 amide bonds. The van der Waals surface area contributed by atoms with Crippen LogP contribution in [0.15, 0.2) is 46.2 Å². The number of carbonyl (C=O) groups excluding carboxylic acids is 1. The third-order valence-corrected chi connectivity index (χ3v) is 5.12. The van der Waals surface area contributed by atoms with Crippen molar-refractivity contribution in [2.24, 2.45) is 5.92 Å². The van der Waals surface area contributed by atoms with Crippen LogP contribution < -0.4 is 5.32 Å². The molecule has 1 aromatic carbocycles. The van der Waals surface area contributed by atoms with Gasteiger partial charge in [0.2, 0.25) is 17.7 Å². The van der Waals surface area contributed by atoms with Crippen LogP contribution in [0.25, 0.3) is 11.5 Å². The Morgan fingerprint density at radius 1 is 1.19 bits per heavy atom. The number of hydrogen-bond acceptors (Lipinski definition) is 5. The Labute approximate surface area is 157 Å². The lowest BCUT2D eigenvalue weighted by Crippen LogP contribution is -2.31. The van der Waals surface area contributed by atoms with E-state index in [4.69, 9.17) is 4.42 Å². The normalized spacial score (nSPS) is 12.3. The Kier molecular flexibility index (Phi) is 5.83. The minimum Gasteiger partial charge on any atom is -0.421 e. The lowest BCUT2D eigenvalue weighted by atomic mass is 10.0. The molecule has 1 N–H and O–H groups in total. The van der Waals surface area contributed by atoms with Crippen LogP contribution in [0.2, 0.25) is 0 Å². The van der Waals surface area contributed by atoms with Crippen LogP contribution in [0.1, 0.15) is 42.6 Å². The van der Waals surface area contributed by atoms with Gasteiger partial charge in [0, 0.05) is 23.3 Å². The number of hydrogen-bond donors (Lipinski definition) is 1. The highest BCUT2D eigenvalue weighted by Crippen LogP contribution is 2.26. The average molecular weight is 369 g/mol. The van der Waals surface area contributed by atoms with Gasteiger partial charge < -0.3 is 9.73 Å². The topological polar surface area (TPSA) is 68.0 Å². The Bertz CT molecular complexity index is 838. The van der Waals surface area contributed by atoms with E-state index < -0.39 is 0 Å². The van der Waals surface area contributed by atoms with E-state index >= 15 is 0 Å². The highest BCUT2D eigenvalue weighted by Gasteiger charge is 2.19. The second-order valence-electron chi connectivity index (χ2n) is 6.67. The zero-order valence-corrected chi connectivity index (χ0v) is 16.0. The molecule has 0 bridgehead atoms. The van der Waals surface area contributed by atoms with Crippen molar-refractivity contribution in [3.05, 3.63) is 58.1 Å². The zero-order valence-electron chi connectivity index (χ0n) is 15.2. The van der Waals surface area contributed by atoms with Gasteiger partial charge in [-0.15, -0.1) is 21.5 Å². The molecule has 0 aliphatic heterocycles. The third kappa shape index (κ3) is 4.58. The molecule has 1 atom stereocenters. The van der Waals surface area contributed by atoms with Crippen molar-refractivity contribution in [1.29, 1.82) is 0 Å². The Morgan fingerprint density at radius 2 is 1.96 bits per heavy atom. The van der Waals surface area contributed by atoms with E-state index in [-0.39, 0.29) is 11.9 Å². The fourth-order valence-electron chi connectivity index (χ4n) is 2.67. The number of aryl methyl sites for hydroxylation is 2. The number of carbonyl (C=O) groups is 1. The number of rotatable bonds is 7. The highest BCUT2D eigenvalue weighted by molar-refractivity contribution is 7.10. The summed E-state index contributed by atoms with van der Waals surface area (Å²) in [6.45, 7) is 6.25. The van der Waals surface area contributed by atoms with Gasteiger partial charge in [0.15, 0.2) is 0 Å². The highest BCUT2D eigenvalue weighted by atomic mass is 32.1. The van der Waals surface area contributed by atoms with Crippen LogP contribution in [-0.4, -0.2) is 16.1 Å². The summed E-state index contributed by atoms with van der Waals surface area (Å²) in [4.78, 5) is 13.5. The first kappa shape index (κ1) is 18.3. The van der Waals surface area contributed by atoms with Crippen molar-refractivity contribution >= 4 is 17.2 Å². The van der Waals surface area contributed by atoms with Gasteiger partial charge in [-0.25, -0.2) is 0 Å². The molecule has 2 aromatic heterocycles. The second-order valence-corrected chi connectivity index (χ2v) is 7.65. The monoisotopic (exact) mass is 369 g/mol. The smallest absolute Gasteiger partial charge is 0.247 e. The van der Waals surface area contributed by atoms with E-state index in [0.717, 1.165) is 5.56 Å². The van der Waals surface area contributed by atoms with Crippen LogP contribution in [0.5, 0.6) is 0 Å². The maximum absolute atomic E-state index is 12.3. The van der Waals surface area contributed by atoms with Gasteiger partial charge in [0.1, 0.15) is 0 Å². The van der Waals surface area contributed by atoms with Crippen molar-refractivity contribution in [2.75, 3.05) is 0 Å². The third-order valence-electron chi connectivity index (χ3n) is 4.16. The minimum absolute atomic E-state index is 0.00724. The molecule has 0 radical (unpaired) electrons. The minimum atomic E-state index is -0.00724. The first-order chi connectivity index (χ1) is 12.5. The Balaban J connectivity index is 1.57. The molecule has 0 saturated carbocycles. The largest absolute Gasteiger partial charge is 0.421 e. The van der Waals surface area contributed by atoms with Gasteiger partial charge >= 0.3 is 0 Å². The van der Waals surface area contributed by atoms with E-state index in [2.05, 4.69) is 35.4 Å². The number of nitrogens with zero attached hydrogens (tertiary/aromatic N) is 2. The first-order valence-electron chi connectivity index (χ1n) is 8.75. The van der Waals surface area contributed by atoms with Crippen LogP contribution in [0.3, 0.4) is 0 Å². The van der Waals surface area contributed by atoms with Crippen molar-refractivity contribution in [2.45, 2.75) is 39.7 Å². The van der Waals surface area contributed by atoms with Crippen LogP contribution >= 0.6 is 11.3 Å². The van der Waals surface area contributed by atoms with E-state index in [1.165, 1.54) is 10.4 Å². The van der Waals surface area contributed by atoms with E-state index in [1.807, 2.05) is 42.6 Å². The maximum atomic E-state index is 12.3. The van der Waals surface area contributed by atoms with Crippen molar-refractivity contribution in [3.63, 3.8) is 0 Å². The molecule has 0 saturated heterocycles. The Hall–Kier alpha value is -2.47. The van der Waals surface area contributed by atoms with Crippen molar-refractivity contribution in [1.82, 2.24) is 15.5 Å². The molecular formula is C20H23N3O2S. The van der Waals surface area contributed by atoms with Crippen molar-refractivity contribution < 1.29 is 9.21 Å². The van der Waals surface area contributed by atoms with Crippen LogP contribution in [-0.2, 0) is 11.2 Å². The molecule has 26 heavy (non-hydrogen) atoms. The summed E-state index contributed by atoms with van der Waals surface area (Å²) >= 11 is 1.66. The molecular weight excluding hydrogens is 346 g/mol. The number of aromatic nitrogens is 2. The van der Waals surface area contributed by atoms with Gasteiger partial charge in [0.25, 0.3) is 0 Å². The first-order valence-corrected chi connectivity index (χ1v) is 9.63. The van der Waals surface area contributed by atoms with E-state index in [0.29, 0.717) is 30.5 Å². The fraction of sp³-hybridized carbons (Fsp3) is 0.350. The predicted molar refractivity (Wildman–Crippen MR) is 103 cm³/mol. The molecule has 0 aliphatic carbocycles. The standard InChI is InChI=1S/C20H23N3O2S/c1-13(2)19(16-5-4-12-26-16)21-17(24)10-11-18-22-23-20(25-18)15-8-6-14(3)7-9-15/h4-9,12-13,19H,10-11H2,1-3H3,(H,21,24)/t19-/m1/s1. The number of thiophene rings is 1. The number of amides is 1. The van der Waals surface area contributed by atoms with E-state index in [9.17, 15) is 4.79 Å². The summed E-state index contributed by atoms with van der Waals surface area (Å²) in [7, 11) is 0. The number of nitrogens with one attached hydrogen (secondary N) is 1.